The minimum Gasteiger partial charge on any atom is -0.494 e. The second kappa shape index (κ2) is 48.4. The number of H-pyrrole nitrogens is 4. The van der Waals surface area contributed by atoms with Crippen LogP contribution in [0, 0.1) is 17.7 Å². The fourth-order valence-corrected chi connectivity index (χ4v) is 22.7. The van der Waals surface area contributed by atoms with Gasteiger partial charge in [0.15, 0.2) is 6.07 Å². The highest BCUT2D eigenvalue weighted by Crippen LogP contribution is 2.47. The minimum absolute atomic E-state index is 0.190. The number of hydrogen-bond donors (Lipinski definition) is 4. The molecule has 0 radical (unpaired) electrons. The second-order valence-electron chi connectivity index (χ2n) is 37.2. The van der Waals surface area contributed by atoms with Crippen molar-refractivity contribution < 1.29 is 65.9 Å². The van der Waals surface area contributed by atoms with Gasteiger partial charge >= 0.3 is 24.4 Å². The number of rotatable bonds is 24. The van der Waals surface area contributed by atoms with Gasteiger partial charge in [-0.25, -0.2) is 28.0 Å². The van der Waals surface area contributed by atoms with Crippen LogP contribution in [0.2, 0.25) is 25.1 Å². The molecule has 6 unspecified atom stereocenters. The molecule has 3 fully saturated rings. The Morgan fingerprint density at radius 3 is 1.05 bits per heavy atom. The van der Waals surface area contributed by atoms with Crippen LogP contribution in [0.15, 0.2) is 218 Å². The highest BCUT2D eigenvalue weighted by molar-refractivity contribution is 7.99. The first-order valence-corrected chi connectivity index (χ1v) is 53.1. The van der Waals surface area contributed by atoms with Crippen LogP contribution in [0.5, 0.6) is 34.5 Å². The van der Waals surface area contributed by atoms with Gasteiger partial charge in [-0.1, -0.05) is 118 Å². The topological polar surface area (TPSA) is 228 Å². The number of thioether (sulfide) groups is 1. The molecule has 4 N–H and O–H groups in total. The number of aromatic nitrogens is 4. The van der Waals surface area contributed by atoms with Crippen LogP contribution >= 0.6 is 93.0 Å². The number of alkyl halides is 3. The molecule has 10 aromatic carbocycles. The van der Waals surface area contributed by atoms with E-state index in [0.717, 1.165) is 174 Å². The monoisotopic (exact) mass is 2110 g/mol. The number of amides is 4. The van der Waals surface area contributed by atoms with E-state index in [1.165, 1.54) is 80.1 Å². The minimum atomic E-state index is -0.705. The number of fused-ring (bicyclic) bond motifs is 12. The summed E-state index contributed by atoms with van der Waals surface area (Å²) in [4.78, 5) is 80.6. The van der Waals surface area contributed by atoms with E-state index in [-0.39, 0.29) is 36.6 Å². The van der Waals surface area contributed by atoms with Gasteiger partial charge in [0.2, 0.25) is 0 Å². The number of ether oxygens (including phenoxy) is 8. The highest BCUT2D eigenvalue weighted by atomic mass is 35.5. The Bertz CT molecular complexity index is 6760. The van der Waals surface area contributed by atoms with E-state index < -0.39 is 37.1 Å². The molecule has 0 aliphatic carbocycles. The normalized spacial score (nSPS) is 18.5. The summed E-state index contributed by atoms with van der Waals surface area (Å²) in [5, 5.41) is 7.60. The van der Waals surface area contributed by atoms with Crippen LogP contribution in [-0.4, -0.2) is 228 Å². The summed E-state index contributed by atoms with van der Waals surface area (Å²) >= 11 is 44.6. The first kappa shape index (κ1) is 103. The number of carbonyl (C=O) groups is 4. The van der Waals surface area contributed by atoms with Gasteiger partial charge in [-0.3, -0.25) is 19.6 Å². The van der Waals surface area contributed by atoms with Crippen molar-refractivity contribution >= 4 is 161 Å². The van der Waals surface area contributed by atoms with Crippen molar-refractivity contribution in [3.63, 3.8) is 0 Å². The van der Waals surface area contributed by atoms with E-state index in [4.69, 9.17) is 119 Å². The molecule has 0 bridgehead atoms. The lowest BCUT2D eigenvalue weighted by molar-refractivity contribution is 0.0836. The van der Waals surface area contributed by atoms with Gasteiger partial charge in [-0.05, 0) is 306 Å². The molecule has 4 aromatic heterocycles. The molecule has 33 heteroatoms. The fraction of sp³-hybridized carbons (Fsp3) is 0.351. The van der Waals surface area contributed by atoms with E-state index in [1.807, 2.05) is 182 Å². The molecule has 11 heterocycles. The smallest absolute Gasteiger partial charge is 0.416 e. The molecule has 23 nitrogen and oxygen atoms in total. The number of hydrogen-bond acceptors (Lipinski definition) is 16. The molecule has 0 spiro atoms. The number of carbonyl (C=O) groups excluding carboxylic acids is 4. The van der Waals surface area contributed by atoms with Gasteiger partial charge in [0, 0.05) is 180 Å². The van der Waals surface area contributed by atoms with Crippen LogP contribution in [-0.2, 0) is 35.2 Å². The average Bonchev–Trinajstić information content (AvgIpc) is 1.62. The lowest BCUT2D eigenvalue weighted by atomic mass is 9.92. The van der Waals surface area contributed by atoms with Crippen molar-refractivity contribution in [2.45, 2.75) is 88.4 Å². The van der Waals surface area contributed by atoms with Gasteiger partial charge in [0.05, 0.1) is 26.4 Å². The molecule has 7 aliphatic heterocycles. The van der Waals surface area contributed by atoms with Crippen molar-refractivity contribution in [1.82, 2.24) is 54.2 Å². The molecule has 21 rings (SSSR count). The third-order valence-corrected chi connectivity index (χ3v) is 30.1. The maximum atomic E-state index is 13.5. The first-order chi connectivity index (χ1) is 70.1. The van der Waals surface area contributed by atoms with E-state index in [1.54, 1.807) is 43.9 Å². The zero-order chi connectivity index (χ0) is 99.9. The maximum Gasteiger partial charge on any atom is 0.416 e. The van der Waals surface area contributed by atoms with Crippen molar-refractivity contribution in [3.05, 3.63) is 317 Å². The SMILES string of the molecule is CN1CCCC(COc2ccc(C3c4[nH]c5ccc(Cl)cc5c4CCN3C(=O)OCCF)cc2)C1.CN1CCCC(COc2ccc(C3c4[nH]c5ccc(Cl)cc5c4CCN3C(=O)Oc3ccc(F)cc3)cc2)C1.O=C(OCCl)N1CCc2c([nH]c3ccc(Cl)cc23)C1c1ccc(OCCCCl)cc1.O=C(Oc1ccc(Cl)cc1)N1CCc2c([nH]c3ccc(Cl)cc23)C1c1ccc(OCCCN2CCSCC2)cc1. The quantitative estimate of drug-likeness (QED) is 0.0326. The summed E-state index contributed by atoms with van der Waals surface area (Å²) in [6, 6.07) is 65.5. The van der Waals surface area contributed by atoms with Gasteiger partial charge in [0.25, 0.3) is 0 Å². The second-order valence-corrected chi connectivity index (χ2v) is 41.2. The highest BCUT2D eigenvalue weighted by Gasteiger charge is 2.42. The van der Waals surface area contributed by atoms with E-state index >= 15 is 0 Å². The number of nitrogens with one attached hydrogen (secondary N) is 4. The van der Waals surface area contributed by atoms with Crippen LogP contribution in [0.25, 0.3) is 43.6 Å². The Balaban J connectivity index is 0.000000127. The standard InChI is InChI=1S/C31H31Cl2N3O3S.C31H31ClFN3O3.C27H31ClFN3O3.C22H21Cl3N2O3/c32-22-4-9-25(10-5-22)39-31(37)36-14-12-26-27-20-23(33)6-11-28(27)34-29(26)30(36)21-2-7-24(8-3-21)38-17-1-13-35-15-18-40-19-16-35;1-35-15-2-3-20(18-35)19-38-24-9-4-21(5-10-24)30-29-26(27-17-22(32)6-13-28(27)34-29)14-16-36(30)31(37)39-25-11-7-23(33)8-12-25;1-31-12-2-3-18(16-31)17-35-21-7-4-19(5-8-21)26-25-22(10-13-32(26)27(33)34-14-11-29)23-15-20(28)6-9-24(23)30-25;23-9-1-11-29-16-5-2-14(3-6-16)21-20-17(8-10-27(21)22(28)30-13-24)18-12-15(25)4-7-19(18)26-20/h2-11,20,30,34H,1,12-19H2;4-13,17,20,30,34H,2-3,14-16,18-19H2,1H3;4-9,15,18,26,30H,2-3,10-14,16-17H2,1H3;2-7,12,21,26H,1,8-11,13H2. The number of aromatic amines is 4. The van der Waals surface area contributed by atoms with Crippen molar-refractivity contribution in [1.29, 1.82) is 0 Å². The summed E-state index contributed by atoms with van der Waals surface area (Å²) in [5.74, 6) is 7.65. The molecule has 6 atom stereocenters. The van der Waals surface area contributed by atoms with Crippen LogP contribution < -0.4 is 28.4 Å². The Morgan fingerprint density at radius 1 is 0.375 bits per heavy atom. The number of piperidine rings is 2. The predicted octanol–water partition coefficient (Wildman–Crippen LogP) is 26.0. The van der Waals surface area contributed by atoms with Gasteiger partial charge in [-0.15, -0.1) is 11.6 Å². The molecule has 144 heavy (non-hydrogen) atoms. The van der Waals surface area contributed by atoms with Gasteiger partial charge in [0.1, 0.15) is 77.8 Å². The van der Waals surface area contributed by atoms with Crippen molar-refractivity contribution in [2.24, 2.45) is 11.8 Å². The number of nitrogens with zero attached hydrogens (tertiary/aromatic N) is 7. The zero-order valence-electron chi connectivity index (χ0n) is 80.0. The Hall–Kier alpha value is -11.2. The Kier molecular flexibility index (Phi) is 34.5. The molecule has 4 amide bonds. The lowest BCUT2D eigenvalue weighted by Gasteiger charge is -2.35. The summed E-state index contributed by atoms with van der Waals surface area (Å²) in [6.07, 6.45) is 7.41. The van der Waals surface area contributed by atoms with Gasteiger partial charge < -0.3 is 72.5 Å². The third kappa shape index (κ3) is 24.8. The molecule has 0 saturated carbocycles. The summed E-state index contributed by atoms with van der Waals surface area (Å²) in [5.41, 5.74) is 16.2. The molecular formula is C111H114Cl7F2N11O12S. The lowest BCUT2D eigenvalue weighted by Crippen LogP contribution is -2.42. The van der Waals surface area contributed by atoms with Crippen molar-refractivity contribution in [3.8, 4) is 34.5 Å². The predicted molar refractivity (Wildman–Crippen MR) is 569 cm³/mol. The van der Waals surface area contributed by atoms with Gasteiger partial charge in [-0.2, -0.15) is 11.8 Å². The van der Waals surface area contributed by atoms with E-state index in [2.05, 4.69) is 48.7 Å². The fourth-order valence-electron chi connectivity index (χ4n) is 20.7. The Morgan fingerprint density at radius 2 is 0.701 bits per heavy atom. The summed E-state index contributed by atoms with van der Waals surface area (Å²) < 4.78 is 71.8. The van der Waals surface area contributed by atoms with E-state index in [9.17, 15) is 28.0 Å². The molecule has 14 aromatic rings. The third-order valence-electron chi connectivity index (χ3n) is 27.5. The summed E-state index contributed by atoms with van der Waals surface area (Å²) in [7, 11) is 4.31. The molecule has 3 saturated heterocycles. The van der Waals surface area contributed by atoms with Crippen LogP contribution in [0.4, 0.5) is 28.0 Å². The molecule has 7 aliphatic rings. The Labute approximate surface area is 875 Å². The number of halogens is 9. The average molecular weight is 2110 g/mol. The zero-order valence-corrected chi connectivity index (χ0v) is 86.1. The largest absolute Gasteiger partial charge is 0.494 e. The van der Waals surface area contributed by atoms with E-state index in [0.29, 0.717) is 133 Å². The maximum absolute atomic E-state index is 13.5. The van der Waals surface area contributed by atoms with Crippen LogP contribution in [0.1, 0.15) is 130 Å². The number of likely N-dealkylation sites (tertiary alicyclic amines) is 2. The summed E-state index contributed by atoms with van der Waals surface area (Å²) in [6.45, 7) is 11.4. The van der Waals surface area contributed by atoms with Crippen LogP contribution in [0.3, 0.4) is 0 Å². The first-order valence-electron chi connectivity index (χ1n) is 49.0. The molecular weight excluding hydrogens is 2000 g/mol. The molecule has 754 valence electrons. The van der Waals surface area contributed by atoms with Crippen molar-refractivity contribution in [2.75, 3.05) is 149 Å². The number of benzene rings is 10.